The van der Waals surface area contributed by atoms with Crippen molar-refractivity contribution in [1.82, 2.24) is 5.32 Å². The van der Waals surface area contributed by atoms with Crippen LogP contribution in [-0.4, -0.2) is 13.1 Å². The Morgan fingerprint density at radius 1 is 1.19 bits per heavy atom. The van der Waals surface area contributed by atoms with Crippen molar-refractivity contribution in [3.05, 3.63) is 51.7 Å². The van der Waals surface area contributed by atoms with Crippen molar-refractivity contribution in [3.8, 4) is 0 Å². The molecule has 0 spiro atoms. The number of benzene rings is 1. The zero-order valence-electron chi connectivity index (χ0n) is 12.9. The number of thiophene rings is 1. The molecule has 0 aliphatic carbocycles. The maximum absolute atomic E-state index is 3.54. The maximum Gasteiger partial charge on any atom is 0.0440 e. The van der Waals surface area contributed by atoms with Gasteiger partial charge in [0.15, 0.2) is 0 Å². The lowest BCUT2D eigenvalue weighted by atomic mass is 10.0. The van der Waals surface area contributed by atoms with Crippen LogP contribution in [0.1, 0.15) is 42.3 Å². The van der Waals surface area contributed by atoms with E-state index >= 15 is 0 Å². The number of hydrogen-bond donors (Lipinski definition) is 1. The van der Waals surface area contributed by atoms with Crippen LogP contribution in [0.15, 0.2) is 35.7 Å². The highest BCUT2D eigenvalue weighted by molar-refractivity contribution is 7.10. The van der Waals surface area contributed by atoms with Gasteiger partial charge in [-0.1, -0.05) is 26.0 Å². The number of rotatable bonds is 5. The molecular weight excluding hydrogens is 276 g/mol. The minimum Gasteiger partial charge on any atom is -0.367 e. The third-order valence-corrected chi connectivity index (χ3v) is 5.35. The van der Waals surface area contributed by atoms with E-state index in [4.69, 9.17) is 0 Å². The van der Waals surface area contributed by atoms with Crippen LogP contribution in [0, 0.1) is 0 Å². The highest BCUT2D eigenvalue weighted by Crippen LogP contribution is 2.28. The molecule has 0 saturated carbocycles. The number of nitrogens with zero attached hydrogens (tertiary/aromatic N) is 1. The fraction of sp³-hybridized carbons (Fsp3) is 0.444. The van der Waals surface area contributed by atoms with Gasteiger partial charge in [0.25, 0.3) is 0 Å². The molecule has 1 N–H and O–H groups in total. The van der Waals surface area contributed by atoms with Gasteiger partial charge in [-0.15, -0.1) is 11.3 Å². The smallest absolute Gasteiger partial charge is 0.0440 e. The average Bonchev–Trinajstić information content (AvgIpc) is 3.00. The van der Waals surface area contributed by atoms with Gasteiger partial charge >= 0.3 is 0 Å². The predicted octanol–water partition coefficient (Wildman–Crippen LogP) is 4.37. The third-order valence-electron chi connectivity index (χ3n) is 4.33. The van der Waals surface area contributed by atoms with Gasteiger partial charge in [-0.3, -0.25) is 0 Å². The first-order chi connectivity index (χ1) is 10.3. The molecule has 1 aromatic heterocycles. The first-order valence-corrected chi connectivity index (χ1v) is 8.83. The molecule has 1 aromatic carbocycles. The molecule has 2 aromatic rings. The first-order valence-electron chi connectivity index (χ1n) is 7.95. The number of anilines is 1. The van der Waals surface area contributed by atoms with E-state index in [1.54, 1.807) is 4.88 Å². The van der Waals surface area contributed by atoms with E-state index in [0.717, 1.165) is 26.1 Å². The molecule has 0 radical (unpaired) electrons. The lowest BCUT2D eigenvalue weighted by molar-refractivity contribution is 0.537. The van der Waals surface area contributed by atoms with Crippen molar-refractivity contribution in [1.29, 1.82) is 0 Å². The van der Waals surface area contributed by atoms with Crippen LogP contribution in [0.5, 0.6) is 0 Å². The number of nitrogens with one attached hydrogen (secondary N) is 1. The quantitative estimate of drug-likeness (QED) is 0.882. The lowest BCUT2D eigenvalue weighted by Gasteiger charge is -2.29. The molecule has 0 fully saturated rings. The van der Waals surface area contributed by atoms with Crippen LogP contribution in [0.25, 0.3) is 0 Å². The molecule has 2 heterocycles. The third kappa shape index (κ3) is 3.14. The van der Waals surface area contributed by atoms with E-state index in [9.17, 15) is 0 Å². The normalized spacial score (nSPS) is 15.8. The van der Waals surface area contributed by atoms with E-state index in [-0.39, 0.29) is 0 Å². The molecule has 1 aliphatic rings. The van der Waals surface area contributed by atoms with E-state index < -0.39 is 0 Å². The summed E-state index contributed by atoms with van der Waals surface area (Å²) in [7, 11) is 0. The summed E-state index contributed by atoms with van der Waals surface area (Å²) in [6.07, 6.45) is 2.32. The van der Waals surface area contributed by atoms with Gasteiger partial charge < -0.3 is 10.2 Å². The number of hydrogen-bond acceptors (Lipinski definition) is 3. The van der Waals surface area contributed by atoms with Crippen LogP contribution in [0.3, 0.4) is 0 Å². The number of fused-ring (bicyclic) bond motifs is 1. The monoisotopic (exact) mass is 300 g/mol. The summed E-state index contributed by atoms with van der Waals surface area (Å²) in [4.78, 5) is 4.06. The summed E-state index contributed by atoms with van der Waals surface area (Å²) in [5.74, 6) is 0. The molecule has 3 rings (SSSR count). The van der Waals surface area contributed by atoms with Crippen molar-refractivity contribution in [2.24, 2.45) is 0 Å². The van der Waals surface area contributed by atoms with Gasteiger partial charge in [-0.2, -0.15) is 0 Å². The highest BCUT2D eigenvalue weighted by atomic mass is 32.1. The second kappa shape index (κ2) is 6.63. The topological polar surface area (TPSA) is 15.3 Å². The van der Waals surface area contributed by atoms with Crippen molar-refractivity contribution >= 4 is 17.0 Å². The van der Waals surface area contributed by atoms with E-state index in [1.807, 2.05) is 11.3 Å². The summed E-state index contributed by atoms with van der Waals surface area (Å²) < 4.78 is 0. The minimum atomic E-state index is 0.480. The molecule has 1 unspecified atom stereocenters. The molecular formula is C18H24N2S. The van der Waals surface area contributed by atoms with Crippen molar-refractivity contribution < 1.29 is 0 Å². The fourth-order valence-electron chi connectivity index (χ4n) is 3.13. The van der Waals surface area contributed by atoms with E-state index in [1.165, 1.54) is 23.2 Å². The highest BCUT2D eigenvalue weighted by Gasteiger charge is 2.17. The zero-order chi connectivity index (χ0) is 14.7. The second-order valence-corrected chi connectivity index (χ2v) is 6.65. The Bertz CT molecular complexity index is 573. The lowest BCUT2D eigenvalue weighted by Crippen LogP contribution is -2.29. The molecule has 2 nitrogen and oxygen atoms in total. The Labute approximate surface area is 131 Å². The molecule has 21 heavy (non-hydrogen) atoms. The molecule has 0 bridgehead atoms. The van der Waals surface area contributed by atoms with Gasteiger partial charge in [0.05, 0.1) is 0 Å². The SMILES string of the molecule is CCNC(CC)c1ccc(N2CCc3sccc3C2)cc1. The van der Waals surface area contributed by atoms with Crippen LogP contribution in [0.2, 0.25) is 0 Å². The van der Waals surface area contributed by atoms with Crippen molar-refractivity contribution in [2.45, 2.75) is 39.3 Å². The van der Waals surface area contributed by atoms with E-state index in [0.29, 0.717) is 6.04 Å². The Kier molecular flexibility index (Phi) is 4.61. The molecule has 0 saturated heterocycles. The van der Waals surface area contributed by atoms with Crippen LogP contribution < -0.4 is 10.2 Å². The Morgan fingerprint density at radius 3 is 2.71 bits per heavy atom. The van der Waals surface area contributed by atoms with Gasteiger partial charge in [0.2, 0.25) is 0 Å². The Morgan fingerprint density at radius 2 is 2.00 bits per heavy atom. The summed E-state index contributed by atoms with van der Waals surface area (Å²) >= 11 is 1.90. The molecule has 1 aliphatic heterocycles. The average molecular weight is 300 g/mol. The molecule has 0 amide bonds. The molecule has 3 heteroatoms. The Hall–Kier alpha value is -1.32. The van der Waals surface area contributed by atoms with Crippen LogP contribution in [0.4, 0.5) is 5.69 Å². The summed E-state index contributed by atoms with van der Waals surface area (Å²) in [5, 5.41) is 5.77. The standard InChI is InChI=1S/C18H24N2S/c1-3-17(19-4-2)14-5-7-16(8-6-14)20-11-9-18-15(13-20)10-12-21-18/h5-8,10,12,17,19H,3-4,9,11,13H2,1-2H3. The Balaban J connectivity index is 1.73. The fourth-order valence-corrected chi connectivity index (χ4v) is 4.02. The largest absolute Gasteiger partial charge is 0.367 e. The maximum atomic E-state index is 3.54. The van der Waals surface area contributed by atoms with Gasteiger partial charge in [0, 0.05) is 29.7 Å². The summed E-state index contributed by atoms with van der Waals surface area (Å²) in [5.41, 5.74) is 4.26. The molecule has 112 valence electrons. The predicted molar refractivity (Wildman–Crippen MR) is 92.2 cm³/mol. The molecule has 1 atom stereocenters. The summed E-state index contributed by atoms with van der Waals surface area (Å²) in [6, 6.07) is 11.9. The summed E-state index contributed by atoms with van der Waals surface area (Å²) in [6.45, 7) is 7.63. The van der Waals surface area contributed by atoms with Crippen LogP contribution >= 0.6 is 11.3 Å². The van der Waals surface area contributed by atoms with Gasteiger partial charge in [-0.25, -0.2) is 0 Å². The van der Waals surface area contributed by atoms with E-state index in [2.05, 4.69) is 59.8 Å². The van der Waals surface area contributed by atoms with Crippen LogP contribution in [-0.2, 0) is 13.0 Å². The van der Waals surface area contributed by atoms with Gasteiger partial charge in [-0.05, 0) is 54.1 Å². The van der Waals surface area contributed by atoms with Crippen molar-refractivity contribution in [3.63, 3.8) is 0 Å². The first kappa shape index (κ1) is 14.6. The van der Waals surface area contributed by atoms with Crippen molar-refractivity contribution in [2.75, 3.05) is 18.0 Å². The van der Waals surface area contributed by atoms with Gasteiger partial charge in [0.1, 0.15) is 0 Å². The minimum absolute atomic E-state index is 0.480. The zero-order valence-corrected chi connectivity index (χ0v) is 13.7. The second-order valence-electron chi connectivity index (χ2n) is 5.65.